The minimum Gasteiger partial charge on any atom is -0.491 e. The lowest BCUT2D eigenvalue weighted by Gasteiger charge is -2.29. The van der Waals surface area contributed by atoms with Crippen LogP contribution in [0.15, 0.2) is 48.5 Å². The topological polar surface area (TPSA) is 74.3 Å². The minimum absolute atomic E-state index is 0.0166. The number of methoxy groups -OCH3 is 1. The molecule has 0 N–H and O–H groups in total. The lowest BCUT2D eigenvalue weighted by Crippen LogP contribution is -2.41. The van der Waals surface area contributed by atoms with E-state index in [9.17, 15) is 9.59 Å². The predicted molar refractivity (Wildman–Crippen MR) is 107 cm³/mol. The molecule has 1 atom stereocenters. The molecule has 2 aromatic rings. The Hall–Kier alpha value is -3.06. The molecule has 0 saturated heterocycles. The summed E-state index contributed by atoms with van der Waals surface area (Å²) in [7, 11) is 1.34. The van der Waals surface area contributed by atoms with Gasteiger partial charge in [-0.1, -0.05) is 30.3 Å². The number of carbonyl (C=O) groups excluding carboxylic acids is 2. The lowest BCUT2D eigenvalue weighted by atomic mass is 10.1. The summed E-state index contributed by atoms with van der Waals surface area (Å²) in [5.41, 5.74) is 1.58. The van der Waals surface area contributed by atoms with Crippen LogP contribution >= 0.6 is 0 Å². The molecule has 3 rings (SSSR count). The van der Waals surface area contributed by atoms with Gasteiger partial charge in [0.1, 0.15) is 18.1 Å². The van der Waals surface area contributed by atoms with Crippen LogP contribution < -0.4 is 14.4 Å². The van der Waals surface area contributed by atoms with Gasteiger partial charge < -0.3 is 23.8 Å². The molecule has 154 valence electrons. The summed E-state index contributed by atoms with van der Waals surface area (Å²) in [6.07, 6.45) is -0.349. The highest BCUT2D eigenvalue weighted by Gasteiger charge is 2.25. The molecule has 0 aliphatic carbocycles. The third kappa shape index (κ3) is 5.06. The van der Waals surface area contributed by atoms with E-state index in [1.54, 1.807) is 4.90 Å². The number of para-hydroxylation sites is 3. The van der Waals surface area contributed by atoms with Gasteiger partial charge in [-0.15, -0.1) is 0 Å². The Balaban J connectivity index is 1.66. The summed E-state index contributed by atoms with van der Waals surface area (Å²) in [4.78, 5) is 25.9. The van der Waals surface area contributed by atoms with E-state index in [0.717, 1.165) is 11.3 Å². The number of ether oxygens (including phenoxy) is 4. The first-order valence-corrected chi connectivity index (χ1v) is 9.56. The smallest absolute Gasteiger partial charge is 0.335 e. The van der Waals surface area contributed by atoms with E-state index in [0.29, 0.717) is 37.7 Å². The summed E-state index contributed by atoms with van der Waals surface area (Å²) >= 11 is 0. The Bertz CT molecular complexity index is 853. The molecular weight excluding hydrogens is 374 g/mol. The molecule has 7 nitrogen and oxygen atoms in total. The summed E-state index contributed by atoms with van der Waals surface area (Å²) in [5.74, 6) is 0.806. The summed E-state index contributed by atoms with van der Waals surface area (Å²) in [5, 5.41) is 0. The van der Waals surface area contributed by atoms with Crippen LogP contribution in [0.1, 0.15) is 12.5 Å². The highest BCUT2D eigenvalue weighted by Crippen LogP contribution is 2.31. The van der Waals surface area contributed by atoms with Gasteiger partial charge >= 0.3 is 5.97 Å². The monoisotopic (exact) mass is 399 g/mol. The van der Waals surface area contributed by atoms with Crippen molar-refractivity contribution in [2.45, 2.75) is 19.4 Å². The van der Waals surface area contributed by atoms with Gasteiger partial charge in [0.15, 0.2) is 12.7 Å². The predicted octanol–water partition coefficient (Wildman–Crippen LogP) is 2.61. The van der Waals surface area contributed by atoms with Crippen LogP contribution in [-0.4, -0.2) is 51.5 Å². The van der Waals surface area contributed by atoms with Crippen molar-refractivity contribution in [3.05, 3.63) is 54.1 Å². The van der Waals surface area contributed by atoms with Crippen LogP contribution in [0.3, 0.4) is 0 Å². The maximum atomic E-state index is 12.3. The maximum Gasteiger partial charge on any atom is 0.335 e. The number of esters is 1. The third-order valence-corrected chi connectivity index (χ3v) is 4.59. The minimum atomic E-state index is -0.692. The molecule has 2 aromatic carbocycles. The maximum absolute atomic E-state index is 12.3. The van der Waals surface area contributed by atoms with Gasteiger partial charge in [0, 0.05) is 13.0 Å². The number of anilines is 1. The molecule has 0 aromatic heterocycles. The van der Waals surface area contributed by atoms with Gasteiger partial charge in [0.25, 0.3) is 5.91 Å². The SMILES string of the molecule is CCOC(Cc1ccccc1OCCN1C(=O)COc2ccccc21)C(=O)OC. The number of benzene rings is 2. The molecule has 1 aliphatic heterocycles. The number of nitrogens with zero attached hydrogens (tertiary/aromatic N) is 1. The van der Waals surface area contributed by atoms with Crippen molar-refractivity contribution in [3.63, 3.8) is 0 Å². The molecular formula is C22H25NO6. The van der Waals surface area contributed by atoms with Crippen LogP contribution in [0.4, 0.5) is 5.69 Å². The molecule has 1 aliphatic rings. The van der Waals surface area contributed by atoms with E-state index in [2.05, 4.69) is 0 Å². The van der Waals surface area contributed by atoms with Gasteiger partial charge in [-0.05, 0) is 30.7 Å². The van der Waals surface area contributed by atoms with Gasteiger partial charge in [0.2, 0.25) is 0 Å². The zero-order valence-electron chi connectivity index (χ0n) is 16.6. The zero-order chi connectivity index (χ0) is 20.6. The highest BCUT2D eigenvalue weighted by atomic mass is 16.6. The Morgan fingerprint density at radius 1 is 1.17 bits per heavy atom. The normalized spacial score (nSPS) is 14.0. The molecule has 1 unspecified atom stereocenters. The molecule has 7 heteroatoms. The first-order valence-electron chi connectivity index (χ1n) is 9.56. The summed E-state index contributed by atoms with van der Waals surface area (Å²) in [6.45, 7) is 2.94. The molecule has 0 radical (unpaired) electrons. The van der Waals surface area contributed by atoms with Crippen molar-refractivity contribution in [2.75, 3.05) is 38.4 Å². The van der Waals surface area contributed by atoms with E-state index in [4.69, 9.17) is 18.9 Å². The second-order valence-electron chi connectivity index (χ2n) is 6.43. The fourth-order valence-corrected chi connectivity index (χ4v) is 3.20. The Morgan fingerprint density at radius 3 is 2.72 bits per heavy atom. The van der Waals surface area contributed by atoms with E-state index in [1.165, 1.54) is 7.11 Å². The number of fused-ring (bicyclic) bond motifs is 1. The Morgan fingerprint density at radius 2 is 1.93 bits per heavy atom. The lowest BCUT2D eigenvalue weighted by molar-refractivity contribution is -0.153. The second kappa shape index (κ2) is 9.93. The quantitative estimate of drug-likeness (QED) is 0.604. The summed E-state index contributed by atoms with van der Waals surface area (Å²) in [6, 6.07) is 14.9. The van der Waals surface area contributed by atoms with Crippen LogP contribution in [0.5, 0.6) is 11.5 Å². The van der Waals surface area contributed by atoms with Gasteiger partial charge in [0.05, 0.1) is 19.3 Å². The van der Waals surface area contributed by atoms with Crippen molar-refractivity contribution in [3.8, 4) is 11.5 Å². The van der Waals surface area contributed by atoms with E-state index >= 15 is 0 Å². The molecule has 29 heavy (non-hydrogen) atoms. The number of carbonyl (C=O) groups is 2. The van der Waals surface area contributed by atoms with Crippen molar-refractivity contribution < 1.29 is 28.5 Å². The average Bonchev–Trinajstić information content (AvgIpc) is 2.75. The van der Waals surface area contributed by atoms with E-state index < -0.39 is 12.1 Å². The number of hydrogen-bond donors (Lipinski definition) is 0. The van der Waals surface area contributed by atoms with Crippen molar-refractivity contribution >= 4 is 17.6 Å². The van der Waals surface area contributed by atoms with Gasteiger partial charge in [-0.2, -0.15) is 0 Å². The molecule has 1 amide bonds. The van der Waals surface area contributed by atoms with Crippen LogP contribution in [0, 0.1) is 0 Å². The van der Waals surface area contributed by atoms with Crippen molar-refractivity contribution in [2.24, 2.45) is 0 Å². The first kappa shape index (κ1) is 20.7. The third-order valence-electron chi connectivity index (χ3n) is 4.59. The summed E-state index contributed by atoms with van der Waals surface area (Å²) < 4.78 is 21.7. The van der Waals surface area contributed by atoms with Gasteiger partial charge in [-0.25, -0.2) is 4.79 Å². The molecule has 1 heterocycles. The van der Waals surface area contributed by atoms with Crippen molar-refractivity contribution in [1.29, 1.82) is 0 Å². The average molecular weight is 399 g/mol. The van der Waals surface area contributed by atoms with Crippen LogP contribution in [0.2, 0.25) is 0 Å². The van der Waals surface area contributed by atoms with Gasteiger partial charge in [-0.3, -0.25) is 4.79 Å². The number of hydrogen-bond acceptors (Lipinski definition) is 6. The van der Waals surface area contributed by atoms with E-state index in [1.807, 2.05) is 55.5 Å². The van der Waals surface area contributed by atoms with Crippen molar-refractivity contribution in [1.82, 2.24) is 0 Å². The Kier molecular flexibility index (Phi) is 7.08. The number of rotatable bonds is 9. The zero-order valence-corrected chi connectivity index (χ0v) is 16.6. The molecule has 0 spiro atoms. The number of amides is 1. The molecule has 0 fully saturated rings. The van der Waals surface area contributed by atoms with Crippen LogP contribution in [-0.2, 0) is 25.5 Å². The first-order chi connectivity index (χ1) is 14.1. The standard InChI is InChI=1S/C22H25NO6/c1-3-27-20(22(25)26-2)14-16-8-4-6-10-18(16)28-13-12-23-17-9-5-7-11-19(17)29-15-21(23)24/h4-11,20H,3,12-15H2,1-2H3. The fraction of sp³-hybridized carbons (Fsp3) is 0.364. The fourth-order valence-electron chi connectivity index (χ4n) is 3.20. The molecule has 0 saturated carbocycles. The van der Waals surface area contributed by atoms with Crippen LogP contribution in [0.25, 0.3) is 0 Å². The Labute approximate surface area is 170 Å². The molecule has 0 bridgehead atoms. The second-order valence-corrected chi connectivity index (χ2v) is 6.43. The van der Waals surface area contributed by atoms with E-state index in [-0.39, 0.29) is 12.5 Å². The highest BCUT2D eigenvalue weighted by molar-refractivity contribution is 5.97. The largest absolute Gasteiger partial charge is 0.491 e.